The second-order valence-corrected chi connectivity index (χ2v) is 30.4. The molecule has 0 aliphatic carbocycles. The van der Waals surface area contributed by atoms with Crippen molar-refractivity contribution in [1.29, 1.82) is 0 Å². The number of nitrogens with one attached hydrogen (secondary N) is 15. The number of aliphatic hydroxyl groups excluding tert-OH is 2. The van der Waals surface area contributed by atoms with Crippen molar-refractivity contribution in [2.45, 2.75) is 255 Å². The maximum atomic E-state index is 14.5. The normalized spacial score (nSPS) is 16.3. The van der Waals surface area contributed by atoms with E-state index in [0.29, 0.717) is 44.2 Å². The lowest BCUT2D eigenvalue weighted by Gasteiger charge is -2.31. The first-order valence-electron chi connectivity index (χ1n) is 40.4. The number of carbonyl (C=O) groups is 19. The number of aromatic nitrogens is 2. The predicted octanol–water partition coefficient (Wildman–Crippen LogP) is -6.75. The van der Waals surface area contributed by atoms with Crippen molar-refractivity contribution in [2.24, 2.45) is 35.0 Å². The fraction of sp³-hybridized carbons (Fsp3) is 0.636. The number of aliphatic carboxylic acids is 4. The molecule has 15 amide bonds. The maximum absolute atomic E-state index is 14.5. The third-order valence-electron chi connectivity index (χ3n) is 20.0. The van der Waals surface area contributed by atoms with Crippen LogP contribution in [0.15, 0.2) is 42.9 Å². The van der Waals surface area contributed by atoms with E-state index in [9.17, 15) is 122 Å². The van der Waals surface area contributed by atoms with Gasteiger partial charge in [0.1, 0.15) is 78.5 Å². The highest BCUT2D eigenvalue weighted by atomic mass is 16.4. The van der Waals surface area contributed by atoms with Gasteiger partial charge in [0.2, 0.25) is 88.6 Å². The molecule has 2 aromatic rings. The van der Waals surface area contributed by atoms with Gasteiger partial charge in [-0.25, -0.2) is 9.78 Å². The summed E-state index contributed by atoms with van der Waals surface area (Å²) in [4.78, 5) is 264. The number of hydrogen-bond acceptors (Lipinski definition) is 25. The fourth-order valence-electron chi connectivity index (χ4n) is 12.6. The zero-order chi connectivity index (χ0) is 91.6. The number of benzene rings is 1. The molecule has 17 atom stereocenters. The van der Waals surface area contributed by atoms with E-state index >= 15 is 0 Å². The molecule has 0 radical (unpaired) electrons. The van der Waals surface area contributed by atoms with E-state index in [1.165, 1.54) is 43.4 Å². The summed E-state index contributed by atoms with van der Waals surface area (Å²) in [5.74, 6) is -23.0. The van der Waals surface area contributed by atoms with Gasteiger partial charge < -0.3 is 132 Å². The van der Waals surface area contributed by atoms with Crippen LogP contribution in [0.4, 0.5) is 0 Å². The number of amides is 15. The number of carbonyl (C=O) groups excluding carboxylic acids is 15. The van der Waals surface area contributed by atoms with E-state index in [1.807, 2.05) is 0 Å². The van der Waals surface area contributed by atoms with Crippen molar-refractivity contribution in [1.82, 2.24) is 89.3 Å². The Morgan fingerprint density at radius 2 is 0.967 bits per heavy atom. The Hall–Kier alpha value is -11.8. The summed E-state index contributed by atoms with van der Waals surface area (Å²) >= 11 is 0. The Kier molecular flexibility index (Phi) is 46.0. The Morgan fingerprint density at radius 1 is 0.500 bits per heavy atom. The smallest absolute Gasteiger partial charge is 0.326 e. The van der Waals surface area contributed by atoms with Gasteiger partial charge >= 0.3 is 23.9 Å². The summed E-state index contributed by atoms with van der Waals surface area (Å²) in [6, 6.07) is -14.6. The Morgan fingerprint density at radius 3 is 1.49 bits per heavy atom. The van der Waals surface area contributed by atoms with Crippen molar-refractivity contribution >= 4 is 112 Å². The average Bonchev–Trinajstić information content (AvgIpc) is 1.59. The summed E-state index contributed by atoms with van der Waals surface area (Å²) in [5, 5.41) is 93.8. The SMILES string of the molecule is CC[C@H](C)[C@H](N)C(=O)NCC(=O)N[C@@H](CC(=O)O)C(=O)N[C@H](C(=O)N[C@@H](C)C(=O)NCC(=O)N[C@@H](CCC(=O)O)C(=O)N[C@@H](Cc1cnc[nH]1)C(=O)N[C@H](C(=O)N[C@@H](CO)C(=O)N[C@@H](Cc1ccccc1)C(=O)N[C@@H](CC(=O)O)C(=O)N[C@@H](CCCCN)C(=O)N[C@@H](CC(C)C)C(=O)N1CCC[C@H]1C(=O)N[C@@H](CCCCN)C(=O)O)[C@@H](C)O)[C@@H](C)CC. The van der Waals surface area contributed by atoms with Crippen molar-refractivity contribution in [3.8, 4) is 0 Å². The van der Waals surface area contributed by atoms with Crippen molar-refractivity contribution in [3.63, 3.8) is 0 Å². The molecule has 2 heterocycles. The minimum absolute atomic E-state index is 0.0160. The molecule has 0 unspecified atom stereocenters. The molecule has 1 saturated heterocycles. The lowest BCUT2D eigenvalue weighted by molar-refractivity contribution is -0.145. The van der Waals surface area contributed by atoms with E-state index in [2.05, 4.69) is 84.4 Å². The van der Waals surface area contributed by atoms with E-state index in [4.69, 9.17) is 17.2 Å². The molecular formula is C77H122N20O25. The molecule has 1 aromatic carbocycles. The summed E-state index contributed by atoms with van der Waals surface area (Å²) in [7, 11) is 0. The fourth-order valence-corrected chi connectivity index (χ4v) is 12.6. The molecule has 1 fully saturated rings. The molecule has 1 aliphatic heterocycles. The molecular weight excluding hydrogens is 1600 g/mol. The number of unbranched alkanes of at least 4 members (excludes halogenated alkanes) is 2. The van der Waals surface area contributed by atoms with E-state index in [-0.39, 0.29) is 69.1 Å². The largest absolute Gasteiger partial charge is 0.481 e. The zero-order valence-corrected chi connectivity index (χ0v) is 69.8. The van der Waals surface area contributed by atoms with Gasteiger partial charge in [0.15, 0.2) is 0 Å². The third-order valence-corrected chi connectivity index (χ3v) is 20.0. The number of carboxylic acid groups (broad SMARTS) is 4. The molecule has 45 nitrogen and oxygen atoms in total. The lowest BCUT2D eigenvalue weighted by Crippen LogP contribution is -2.63. The van der Waals surface area contributed by atoms with Crippen LogP contribution < -0.4 is 91.6 Å². The van der Waals surface area contributed by atoms with Gasteiger partial charge in [-0.1, -0.05) is 84.7 Å². The van der Waals surface area contributed by atoms with Gasteiger partial charge in [0.25, 0.3) is 0 Å². The van der Waals surface area contributed by atoms with E-state index < -0.39 is 267 Å². The van der Waals surface area contributed by atoms with Crippen LogP contribution in [-0.2, 0) is 104 Å². The summed E-state index contributed by atoms with van der Waals surface area (Å²) < 4.78 is 0. The number of imidazole rings is 1. The van der Waals surface area contributed by atoms with Crippen LogP contribution in [0.1, 0.15) is 163 Å². The number of rotatable bonds is 57. The van der Waals surface area contributed by atoms with E-state index in [0.717, 1.165) is 6.92 Å². The molecule has 122 heavy (non-hydrogen) atoms. The number of carboxylic acids is 4. The second kappa shape index (κ2) is 53.7. The third kappa shape index (κ3) is 36.6. The maximum Gasteiger partial charge on any atom is 0.326 e. The Bertz CT molecular complexity index is 3880. The van der Waals surface area contributed by atoms with Crippen LogP contribution in [0.25, 0.3) is 0 Å². The van der Waals surface area contributed by atoms with Gasteiger partial charge in [-0.3, -0.25) is 86.3 Å². The van der Waals surface area contributed by atoms with Gasteiger partial charge in [-0.2, -0.15) is 0 Å². The standard InChI is InChI=1S/C77H122N20O25/c1-9-40(5)61(80)73(117)83-36-57(101)87-51(32-59(104)105)70(114)95-62(41(6)10-2)74(118)85-42(7)64(108)82-35-56(100)86-47(24-25-58(102)103)66(110)91-50(31-45-34-81-38-84-45)69(113)96-63(43(8)99)75(119)94-54(37-98)71(115)90-49(30-44-19-12-11-13-20-44)67(111)92-52(33-60(106)107)68(112)88-46(21-14-16-26-78)65(109)93-53(29-39(3)4)76(120)97-28-18-23-55(97)72(116)89-48(77(121)122)22-15-17-27-79/h11-13,19-20,34,38-43,46-55,61-63,98-99H,9-10,14-18,21-33,35-37,78-80H2,1-8H3,(H,81,84)(H,82,108)(H,83,117)(H,85,118)(H,86,100)(H,87,101)(H,88,112)(H,89,116)(H,90,115)(H,91,110)(H,92,111)(H,93,109)(H,94,119)(H,95,114)(H,96,113)(H,102,103)(H,104,105)(H,106,107)(H,121,122)/t40-,41-,42-,43+,46-,47-,48-,49-,50-,51-,52-,53-,54-,55-,61-,62-,63-/m0/s1. The van der Waals surface area contributed by atoms with Crippen LogP contribution in [0.5, 0.6) is 0 Å². The summed E-state index contributed by atoms with van der Waals surface area (Å²) in [6.07, 6.45) is -1.23. The van der Waals surface area contributed by atoms with Crippen LogP contribution in [-0.4, -0.2) is 288 Å². The number of H-pyrrole nitrogens is 1. The van der Waals surface area contributed by atoms with Crippen molar-refractivity contribution < 1.29 is 122 Å². The molecule has 45 heteroatoms. The van der Waals surface area contributed by atoms with Crippen LogP contribution in [0.3, 0.4) is 0 Å². The topological polar surface area (TPSA) is 724 Å². The number of aromatic amines is 1. The zero-order valence-electron chi connectivity index (χ0n) is 69.8. The van der Waals surface area contributed by atoms with Crippen molar-refractivity contribution in [3.05, 3.63) is 54.1 Å². The number of nitrogens with two attached hydrogens (primary N) is 3. The minimum Gasteiger partial charge on any atom is -0.481 e. The average molecular weight is 1730 g/mol. The number of aliphatic hydroxyl groups is 2. The van der Waals surface area contributed by atoms with Crippen molar-refractivity contribution in [2.75, 3.05) is 39.3 Å². The van der Waals surface area contributed by atoms with E-state index in [1.54, 1.807) is 52.8 Å². The first kappa shape index (κ1) is 104. The predicted molar refractivity (Wildman–Crippen MR) is 432 cm³/mol. The molecule has 1 aliphatic rings. The lowest BCUT2D eigenvalue weighted by atomic mass is 9.97. The molecule has 0 bridgehead atoms. The highest BCUT2D eigenvalue weighted by Crippen LogP contribution is 2.22. The van der Waals surface area contributed by atoms with Gasteiger partial charge in [-0.15, -0.1) is 0 Å². The molecule has 1 aromatic heterocycles. The molecule has 680 valence electrons. The molecule has 0 spiro atoms. The monoisotopic (exact) mass is 1730 g/mol. The first-order chi connectivity index (χ1) is 57.6. The Labute approximate surface area is 704 Å². The van der Waals surface area contributed by atoms with Gasteiger partial charge in [0, 0.05) is 37.7 Å². The van der Waals surface area contributed by atoms with Crippen LogP contribution in [0.2, 0.25) is 0 Å². The van der Waals surface area contributed by atoms with Gasteiger partial charge in [-0.05, 0) is 114 Å². The van der Waals surface area contributed by atoms with Gasteiger partial charge in [0.05, 0.1) is 51.0 Å². The van der Waals surface area contributed by atoms with Crippen LogP contribution >= 0.6 is 0 Å². The Balaban J connectivity index is 1.85. The number of hydrogen-bond donors (Lipinski definition) is 24. The second-order valence-electron chi connectivity index (χ2n) is 30.4. The minimum atomic E-state index is -2.07. The van der Waals surface area contributed by atoms with Crippen LogP contribution in [0, 0.1) is 17.8 Å². The quantitative estimate of drug-likeness (QED) is 0.0274. The number of nitrogens with zero attached hydrogens (tertiary/aromatic N) is 2. The summed E-state index contributed by atoms with van der Waals surface area (Å²) in [5.41, 5.74) is 17.8. The molecule has 0 saturated carbocycles. The highest BCUT2D eigenvalue weighted by Gasteiger charge is 2.42. The summed E-state index contributed by atoms with van der Waals surface area (Å²) in [6.45, 7) is 10.0. The molecule has 27 N–H and O–H groups in total. The number of likely N-dealkylation sites (tertiary alicyclic amines) is 1. The highest BCUT2D eigenvalue weighted by molar-refractivity contribution is 6.01. The molecule has 3 rings (SSSR count). The first-order valence-corrected chi connectivity index (χ1v) is 40.4.